The summed E-state index contributed by atoms with van der Waals surface area (Å²) in [4.78, 5) is 0. The average molecular weight is 244 g/mol. The van der Waals surface area contributed by atoms with Crippen molar-refractivity contribution in [2.24, 2.45) is 0 Å². The Hall–Kier alpha value is -0.930. The predicted molar refractivity (Wildman–Crippen MR) is 62.0 cm³/mol. The number of nitrogens with one attached hydrogen (secondary N) is 1. The van der Waals surface area contributed by atoms with E-state index in [0.29, 0.717) is 17.1 Å². The molecule has 0 fully saturated rings. The Bertz CT molecular complexity index is 441. The quantitative estimate of drug-likeness (QED) is 0.798. The average Bonchev–Trinajstić information content (AvgIpc) is 2.22. The molecule has 1 aliphatic heterocycles. The highest BCUT2D eigenvalue weighted by atomic mass is 35.5. The van der Waals surface area contributed by atoms with Gasteiger partial charge in [0.25, 0.3) is 5.92 Å². The molecule has 86 valence electrons. The second-order valence-corrected chi connectivity index (χ2v) is 4.32. The molecule has 16 heavy (non-hydrogen) atoms. The number of alkyl halides is 2. The topological polar surface area (TPSA) is 12.0 Å². The summed E-state index contributed by atoms with van der Waals surface area (Å²) >= 11 is 5.87. The number of benzene rings is 1. The van der Waals surface area contributed by atoms with Gasteiger partial charge >= 0.3 is 0 Å². The van der Waals surface area contributed by atoms with Gasteiger partial charge in [0.15, 0.2) is 0 Å². The Balaban J connectivity index is 2.43. The fourth-order valence-electron chi connectivity index (χ4n) is 1.79. The molecule has 1 heterocycles. The first kappa shape index (κ1) is 11.6. The molecule has 0 atom stereocenters. The summed E-state index contributed by atoms with van der Waals surface area (Å²) < 4.78 is 27.2. The summed E-state index contributed by atoms with van der Waals surface area (Å²) in [5, 5.41) is 3.25. The first-order valence-corrected chi connectivity index (χ1v) is 5.44. The highest BCUT2D eigenvalue weighted by Gasteiger charge is 2.36. The van der Waals surface area contributed by atoms with E-state index in [1.807, 2.05) is 6.92 Å². The molecule has 0 bridgehead atoms. The van der Waals surface area contributed by atoms with Crippen LogP contribution in [0.3, 0.4) is 0 Å². The van der Waals surface area contributed by atoms with Gasteiger partial charge in [0.05, 0.1) is 6.54 Å². The van der Waals surface area contributed by atoms with Crippen molar-refractivity contribution in [3.8, 4) is 0 Å². The van der Waals surface area contributed by atoms with E-state index < -0.39 is 5.92 Å². The van der Waals surface area contributed by atoms with Crippen LogP contribution in [0.15, 0.2) is 24.3 Å². The van der Waals surface area contributed by atoms with Crippen LogP contribution < -0.4 is 5.32 Å². The van der Waals surface area contributed by atoms with E-state index in [1.54, 1.807) is 18.2 Å². The monoisotopic (exact) mass is 243 g/mol. The van der Waals surface area contributed by atoms with E-state index in [4.69, 9.17) is 11.6 Å². The maximum Gasteiger partial charge on any atom is 0.285 e. The molecule has 0 saturated carbocycles. The molecule has 0 aliphatic carbocycles. The molecule has 0 unspecified atom stereocenters. The van der Waals surface area contributed by atoms with E-state index in [2.05, 4.69) is 5.32 Å². The van der Waals surface area contributed by atoms with E-state index in [9.17, 15) is 8.78 Å². The van der Waals surface area contributed by atoms with Crippen LogP contribution in [0.5, 0.6) is 0 Å². The lowest BCUT2D eigenvalue weighted by Crippen LogP contribution is -2.38. The number of aryl methyl sites for hydroxylation is 1. The lowest BCUT2D eigenvalue weighted by Gasteiger charge is -2.25. The molecule has 1 aromatic rings. The second-order valence-electron chi connectivity index (χ2n) is 3.92. The van der Waals surface area contributed by atoms with E-state index in [0.717, 1.165) is 5.56 Å². The highest BCUT2D eigenvalue weighted by Crippen LogP contribution is 2.34. The van der Waals surface area contributed by atoms with Crippen LogP contribution in [0.2, 0.25) is 5.02 Å². The molecule has 0 radical (unpaired) electrons. The largest absolute Gasteiger partial charge is 0.307 e. The van der Waals surface area contributed by atoms with E-state index in [-0.39, 0.29) is 12.1 Å². The van der Waals surface area contributed by atoms with Gasteiger partial charge in [-0.2, -0.15) is 8.78 Å². The van der Waals surface area contributed by atoms with Crippen molar-refractivity contribution in [1.82, 2.24) is 5.32 Å². The zero-order valence-electron chi connectivity index (χ0n) is 8.86. The van der Waals surface area contributed by atoms with Gasteiger partial charge in [-0.05, 0) is 24.1 Å². The minimum atomic E-state index is -2.81. The summed E-state index contributed by atoms with van der Waals surface area (Å²) in [5.74, 6) is -2.81. The van der Waals surface area contributed by atoms with Gasteiger partial charge in [0, 0.05) is 17.1 Å². The molecule has 1 N–H and O–H groups in total. The Kier molecular flexibility index (Phi) is 3.00. The Morgan fingerprint density at radius 3 is 2.75 bits per heavy atom. The van der Waals surface area contributed by atoms with Crippen molar-refractivity contribution < 1.29 is 8.78 Å². The fraction of sp³-hybridized carbons (Fsp3) is 0.333. The van der Waals surface area contributed by atoms with Gasteiger partial charge in [-0.15, -0.1) is 0 Å². The summed E-state index contributed by atoms with van der Waals surface area (Å²) in [6, 6.07) is 5.00. The summed E-state index contributed by atoms with van der Waals surface area (Å²) in [7, 11) is 0. The first-order valence-electron chi connectivity index (χ1n) is 5.06. The van der Waals surface area contributed by atoms with Crippen molar-refractivity contribution in [3.05, 3.63) is 40.4 Å². The maximum absolute atomic E-state index is 13.6. The van der Waals surface area contributed by atoms with Crippen LogP contribution in [0, 0.1) is 6.92 Å². The van der Waals surface area contributed by atoms with Gasteiger partial charge in [-0.3, -0.25) is 0 Å². The molecule has 1 nitrogen and oxygen atoms in total. The second kappa shape index (κ2) is 4.15. The molecule has 4 heteroatoms. The molecule has 2 rings (SSSR count). The van der Waals surface area contributed by atoms with Gasteiger partial charge in [-0.1, -0.05) is 29.8 Å². The van der Waals surface area contributed by atoms with Crippen molar-refractivity contribution in [1.29, 1.82) is 0 Å². The van der Waals surface area contributed by atoms with Crippen LogP contribution in [0.25, 0.3) is 5.57 Å². The third kappa shape index (κ3) is 2.11. The smallest absolute Gasteiger partial charge is 0.285 e. The highest BCUT2D eigenvalue weighted by molar-refractivity contribution is 6.31. The first-order chi connectivity index (χ1) is 7.50. The third-order valence-electron chi connectivity index (χ3n) is 2.66. The van der Waals surface area contributed by atoms with Crippen LogP contribution in [0.1, 0.15) is 11.1 Å². The van der Waals surface area contributed by atoms with Crippen LogP contribution in [0.4, 0.5) is 8.78 Å². The maximum atomic E-state index is 13.6. The summed E-state index contributed by atoms with van der Waals surface area (Å²) in [6.07, 6.45) is 1.53. The standard InChI is InChI=1S/C12H12ClF2N/c1-8-6-9(2-3-11(8)13)10-4-5-16-7-12(10,14)15/h2-4,6,16H,5,7H2,1H3. The summed E-state index contributed by atoms with van der Waals surface area (Å²) in [6.45, 7) is 1.98. The van der Waals surface area contributed by atoms with Crippen molar-refractivity contribution in [2.75, 3.05) is 13.1 Å². The third-order valence-corrected chi connectivity index (χ3v) is 3.08. The fourth-order valence-corrected chi connectivity index (χ4v) is 1.91. The molecule has 0 saturated heterocycles. The molecular weight excluding hydrogens is 232 g/mol. The zero-order chi connectivity index (χ0) is 11.8. The Morgan fingerprint density at radius 2 is 2.12 bits per heavy atom. The van der Waals surface area contributed by atoms with Gasteiger partial charge in [0.2, 0.25) is 0 Å². The van der Waals surface area contributed by atoms with Crippen LogP contribution >= 0.6 is 11.6 Å². The van der Waals surface area contributed by atoms with Gasteiger partial charge in [-0.25, -0.2) is 0 Å². The number of rotatable bonds is 1. The number of halogens is 3. The number of hydrogen-bond acceptors (Lipinski definition) is 1. The predicted octanol–water partition coefficient (Wildman–Crippen LogP) is 3.27. The minimum Gasteiger partial charge on any atom is -0.307 e. The van der Waals surface area contributed by atoms with Crippen molar-refractivity contribution in [2.45, 2.75) is 12.8 Å². The SMILES string of the molecule is Cc1cc(C2=CCNCC2(F)F)ccc1Cl. The Labute approximate surface area is 98.1 Å². The molecule has 0 spiro atoms. The summed E-state index contributed by atoms with van der Waals surface area (Å²) in [5.41, 5.74) is 1.45. The van der Waals surface area contributed by atoms with Crippen molar-refractivity contribution in [3.63, 3.8) is 0 Å². The number of hydrogen-bond donors (Lipinski definition) is 1. The molecule has 1 aliphatic rings. The molecule has 0 amide bonds. The lowest BCUT2D eigenvalue weighted by molar-refractivity contribution is 0.0636. The van der Waals surface area contributed by atoms with Crippen LogP contribution in [-0.2, 0) is 0 Å². The Morgan fingerprint density at radius 1 is 1.38 bits per heavy atom. The van der Waals surface area contributed by atoms with E-state index >= 15 is 0 Å². The normalized spacial score (nSPS) is 19.4. The lowest BCUT2D eigenvalue weighted by atomic mass is 9.96. The zero-order valence-corrected chi connectivity index (χ0v) is 9.61. The minimum absolute atomic E-state index is 0.0889. The van der Waals surface area contributed by atoms with E-state index in [1.165, 1.54) is 6.08 Å². The molecule has 0 aromatic heterocycles. The van der Waals surface area contributed by atoms with Crippen molar-refractivity contribution >= 4 is 17.2 Å². The van der Waals surface area contributed by atoms with Gasteiger partial charge < -0.3 is 5.32 Å². The van der Waals surface area contributed by atoms with Crippen LogP contribution in [-0.4, -0.2) is 19.0 Å². The van der Waals surface area contributed by atoms with Gasteiger partial charge in [0.1, 0.15) is 0 Å². The molecular formula is C12H12ClF2N. The molecule has 1 aromatic carbocycles.